The summed E-state index contributed by atoms with van der Waals surface area (Å²) >= 11 is 0. The van der Waals surface area contributed by atoms with Gasteiger partial charge in [0.2, 0.25) is 0 Å². The average molecular weight is 196 g/mol. The largest absolute Gasteiger partial charge is 0.350 e. The van der Waals surface area contributed by atoms with E-state index >= 15 is 0 Å². The number of nitriles is 1. The third kappa shape index (κ3) is 2.06. The molecule has 0 N–H and O–H groups in total. The lowest BCUT2D eigenvalue weighted by molar-refractivity contribution is -0.0921. The van der Waals surface area contributed by atoms with Gasteiger partial charge in [-0.15, -0.1) is 0 Å². The Labute approximate surface area is 84.4 Å². The molecule has 0 radical (unpaired) electrons. The van der Waals surface area contributed by atoms with Gasteiger partial charge < -0.3 is 14.4 Å². The molecule has 0 aromatic carbocycles. The van der Waals surface area contributed by atoms with Gasteiger partial charge in [-0.2, -0.15) is 5.26 Å². The van der Waals surface area contributed by atoms with Gasteiger partial charge in [0.1, 0.15) is 0 Å². The maximum atomic E-state index is 8.53. The van der Waals surface area contributed by atoms with Crippen LogP contribution in [0.15, 0.2) is 0 Å². The molecule has 2 aliphatic rings. The van der Waals surface area contributed by atoms with Crippen molar-refractivity contribution in [3.05, 3.63) is 0 Å². The summed E-state index contributed by atoms with van der Waals surface area (Å²) in [6.45, 7) is 2.75. The molecule has 0 bridgehead atoms. The fourth-order valence-corrected chi connectivity index (χ4v) is 2.12. The van der Waals surface area contributed by atoms with Gasteiger partial charge in [-0.1, -0.05) is 0 Å². The maximum absolute atomic E-state index is 8.53. The van der Waals surface area contributed by atoms with Gasteiger partial charge in [0.25, 0.3) is 0 Å². The Balaban J connectivity index is 1.81. The summed E-state index contributed by atoms with van der Waals surface area (Å²) in [5.74, 6) is 0.490. The highest BCUT2D eigenvalue weighted by atomic mass is 16.7. The first-order valence-corrected chi connectivity index (χ1v) is 5.12. The van der Waals surface area contributed by atoms with E-state index in [9.17, 15) is 0 Å². The molecule has 3 unspecified atom stereocenters. The molecule has 0 amide bonds. The van der Waals surface area contributed by atoms with E-state index in [2.05, 4.69) is 18.0 Å². The predicted octanol–water partition coefficient (Wildman–Crippen LogP) is 0.593. The zero-order valence-electron chi connectivity index (χ0n) is 8.48. The molecule has 0 aromatic rings. The van der Waals surface area contributed by atoms with Gasteiger partial charge >= 0.3 is 0 Å². The Morgan fingerprint density at radius 3 is 3.07 bits per heavy atom. The van der Waals surface area contributed by atoms with Crippen molar-refractivity contribution >= 4 is 0 Å². The summed E-state index contributed by atoms with van der Waals surface area (Å²) in [5.41, 5.74) is 0. The van der Waals surface area contributed by atoms with Crippen LogP contribution in [0.3, 0.4) is 0 Å². The molecule has 0 aromatic heterocycles. The molecule has 2 heterocycles. The smallest absolute Gasteiger partial charge is 0.162 e. The monoisotopic (exact) mass is 196 g/mol. The van der Waals surface area contributed by atoms with Crippen LogP contribution in [-0.4, -0.2) is 44.0 Å². The lowest BCUT2D eigenvalue weighted by Crippen LogP contribution is -2.25. The number of ether oxygens (including phenoxy) is 2. The van der Waals surface area contributed by atoms with E-state index in [-0.39, 0.29) is 12.4 Å². The topological polar surface area (TPSA) is 45.5 Å². The van der Waals surface area contributed by atoms with Crippen molar-refractivity contribution in [3.8, 4) is 6.07 Å². The standard InChI is InChI=1S/C10H16N2O2/c1-12-5-3-8(6-12)10-13-7-9(14-10)2-4-11/h8-10H,2-3,5-7H2,1H3. The molecule has 0 aliphatic carbocycles. The van der Waals surface area contributed by atoms with Gasteiger partial charge in [0.15, 0.2) is 6.29 Å². The molecule has 0 spiro atoms. The highest BCUT2D eigenvalue weighted by Crippen LogP contribution is 2.27. The van der Waals surface area contributed by atoms with Crippen molar-refractivity contribution in [1.82, 2.24) is 4.90 Å². The molecule has 3 atom stereocenters. The number of hydrogen-bond donors (Lipinski definition) is 0. The van der Waals surface area contributed by atoms with Crippen molar-refractivity contribution in [2.45, 2.75) is 25.2 Å². The summed E-state index contributed by atoms with van der Waals surface area (Å²) in [7, 11) is 2.11. The summed E-state index contributed by atoms with van der Waals surface area (Å²) in [6, 6.07) is 2.11. The van der Waals surface area contributed by atoms with Crippen molar-refractivity contribution in [2.24, 2.45) is 5.92 Å². The fourth-order valence-electron chi connectivity index (χ4n) is 2.12. The second kappa shape index (κ2) is 4.26. The molecular formula is C10H16N2O2. The first kappa shape index (κ1) is 9.91. The molecule has 2 saturated heterocycles. The van der Waals surface area contributed by atoms with Crippen molar-refractivity contribution < 1.29 is 9.47 Å². The second-order valence-electron chi connectivity index (χ2n) is 4.13. The molecule has 2 rings (SSSR count). The fraction of sp³-hybridized carbons (Fsp3) is 0.900. The molecule has 78 valence electrons. The van der Waals surface area contributed by atoms with Crippen molar-refractivity contribution in [1.29, 1.82) is 5.26 Å². The highest BCUT2D eigenvalue weighted by molar-refractivity contribution is 4.83. The molecule has 2 fully saturated rings. The van der Waals surface area contributed by atoms with E-state index in [4.69, 9.17) is 14.7 Å². The van der Waals surface area contributed by atoms with Crippen LogP contribution in [0.2, 0.25) is 0 Å². The average Bonchev–Trinajstić information content (AvgIpc) is 2.74. The summed E-state index contributed by atoms with van der Waals surface area (Å²) in [4.78, 5) is 2.29. The van der Waals surface area contributed by atoms with Crippen LogP contribution in [0, 0.1) is 17.2 Å². The van der Waals surface area contributed by atoms with Gasteiger partial charge in [-0.25, -0.2) is 0 Å². The zero-order valence-corrected chi connectivity index (χ0v) is 8.48. The third-order valence-corrected chi connectivity index (χ3v) is 2.90. The van der Waals surface area contributed by atoms with Gasteiger partial charge in [0.05, 0.1) is 25.2 Å². The molecule has 4 nitrogen and oxygen atoms in total. The first-order chi connectivity index (χ1) is 6.79. The SMILES string of the molecule is CN1CCC(C2OCC(CC#N)O2)C1. The summed E-state index contributed by atoms with van der Waals surface area (Å²) in [6.07, 6.45) is 1.51. The quantitative estimate of drug-likeness (QED) is 0.648. The van der Waals surface area contributed by atoms with Crippen LogP contribution in [0.1, 0.15) is 12.8 Å². The predicted molar refractivity (Wildman–Crippen MR) is 50.4 cm³/mol. The van der Waals surface area contributed by atoms with E-state index in [1.807, 2.05) is 0 Å². The molecule has 2 aliphatic heterocycles. The van der Waals surface area contributed by atoms with E-state index in [1.54, 1.807) is 0 Å². The van der Waals surface area contributed by atoms with E-state index in [0.29, 0.717) is 18.9 Å². The molecule has 0 saturated carbocycles. The first-order valence-electron chi connectivity index (χ1n) is 5.12. The van der Waals surface area contributed by atoms with E-state index < -0.39 is 0 Å². The zero-order chi connectivity index (χ0) is 9.97. The Kier molecular flexibility index (Phi) is 3.02. The van der Waals surface area contributed by atoms with Crippen LogP contribution in [0.5, 0.6) is 0 Å². The minimum absolute atomic E-state index is 0.00379. The molecule has 14 heavy (non-hydrogen) atoms. The normalized spacial score (nSPS) is 38.7. The van der Waals surface area contributed by atoms with Crippen LogP contribution in [0.25, 0.3) is 0 Å². The van der Waals surface area contributed by atoms with Crippen LogP contribution in [-0.2, 0) is 9.47 Å². The van der Waals surface area contributed by atoms with Crippen LogP contribution < -0.4 is 0 Å². The molecule has 4 heteroatoms. The Bertz CT molecular complexity index is 239. The van der Waals surface area contributed by atoms with Gasteiger partial charge in [0, 0.05) is 12.5 Å². The van der Waals surface area contributed by atoms with Crippen LogP contribution in [0.4, 0.5) is 0 Å². The minimum atomic E-state index is -0.0710. The van der Waals surface area contributed by atoms with Crippen LogP contribution >= 0.6 is 0 Å². The Morgan fingerprint density at radius 2 is 2.43 bits per heavy atom. The van der Waals surface area contributed by atoms with Gasteiger partial charge in [-0.3, -0.25) is 0 Å². The second-order valence-corrected chi connectivity index (χ2v) is 4.13. The highest BCUT2D eigenvalue weighted by Gasteiger charge is 2.35. The Morgan fingerprint density at radius 1 is 1.57 bits per heavy atom. The van der Waals surface area contributed by atoms with E-state index in [1.165, 1.54) is 0 Å². The maximum Gasteiger partial charge on any atom is 0.162 e. The van der Waals surface area contributed by atoms with Crippen molar-refractivity contribution in [3.63, 3.8) is 0 Å². The third-order valence-electron chi connectivity index (χ3n) is 2.90. The number of likely N-dealkylation sites (tertiary alicyclic amines) is 1. The summed E-state index contributed by atoms with van der Waals surface area (Å²) in [5, 5.41) is 8.53. The number of hydrogen-bond acceptors (Lipinski definition) is 4. The number of rotatable bonds is 2. The lowest BCUT2D eigenvalue weighted by Gasteiger charge is -2.17. The number of nitrogens with zero attached hydrogens (tertiary/aromatic N) is 2. The Hall–Kier alpha value is -0.630. The van der Waals surface area contributed by atoms with Crippen molar-refractivity contribution in [2.75, 3.05) is 26.7 Å². The summed E-state index contributed by atoms with van der Waals surface area (Å²) < 4.78 is 11.2. The van der Waals surface area contributed by atoms with Gasteiger partial charge in [-0.05, 0) is 20.0 Å². The minimum Gasteiger partial charge on any atom is -0.350 e. The molecular weight excluding hydrogens is 180 g/mol. The van der Waals surface area contributed by atoms with E-state index in [0.717, 1.165) is 19.5 Å². The lowest BCUT2D eigenvalue weighted by atomic mass is 10.1.